The molecule has 2 aromatic rings. The molecule has 80 valence electrons. The summed E-state index contributed by atoms with van der Waals surface area (Å²) < 4.78 is 0. The molecule has 0 saturated heterocycles. The van der Waals surface area contributed by atoms with Gasteiger partial charge >= 0.3 is 0 Å². The third kappa shape index (κ3) is 2.48. The van der Waals surface area contributed by atoms with Crippen molar-refractivity contribution in [2.24, 2.45) is 0 Å². The molecule has 0 atom stereocenters. The molecule has 6 heteroatoms. The highest BCUT2D eigenvalue weighted by Crippen LogP contribution is 2.13. The van der Waals surface area contributed by atoms with E-state index in [9.17, 15) is 0 Å². The maximum Gasteiger partial charge on any atom is 0.136 e. The van der Waals surface area contributed by atoms with Gasteiger partial charge in [-0.15, -0.1) is 0 Å². The summed E-state index contributed by atoms with van der Waals surface area (Å²) in [5, 5.41) is 14.4. The summed E-state index contributed by atoms with van der Waals surface area (Å²) in [6.07, 6.45) is 3.25. The zero-order valence-corrected chi connectivity index (χ0v) is 8.44. The van der Waals surface area contributed by atoms with E-state index in [4.69, 9.17) is 5.26 Å². The van der Waals surface area contributed by atoms with E-state index in [0.29, 0.717) is 11.6 Å². The predicted octanol–water partition coefficient (Wildman–Crippen LogP) is 1.48. The second-order valence-corrected chi connectivity index (χ2v) is 3.01. The quantitative estimate of drug-likeness (QED) is 0.671. The third-order valence-electron chi connectivity index (χ3n) is 1.88. The van der Waals surface area contributed by atoms with Gasteiger partial charge in [0.1, 0.15) is 30.3 Å². The van der Waals surface area contributed by atoms with Crippen LogP contribution < -0.4 is 10.6 Å². The Morgan fingerprint density at radius 1 is 1.38 bits per heavy atom. The van der Waals surface area contributed by atoms with Crippen molar-refractivity contribution in [1.82, 2.24) is 15.0 Å². The highest BCUT2D eigenvalue weighted by Gasteiger charge is 1.98. The Bertz CT molecular complexity index is 484. The van der Waals surface area contributed by atoms with Crippen LogP contribution >= 0.6 is 0 Å². The van der Waals surface area contributed by atoms with Crippen LogP contribution in [0.25, 0.3) is 0 Å². The first kappa shape index (κ1) is 9.98. The molecule has 0 amide bonds. The number of nitrogens with one attached hydrogen (secondary N) is 3. The Balaban J connectivity index is 2.07. The molecule has 6 nitrogen and oxygen atoms in total. The summed E-state index contributed by atoms with van der Waals surface area (Å²) in [5.74, 6) is 2.13. The Kier molecular flexibility index (Phi) is 2.99. The van der Waals surface area contributed by atoms with E-state index in [-0.39, 0.29) is 6.54 Å². The second kappa shape index (κ2) is 4.79. The van der Waals surface area contributed by atoms with Crippen LogP contribution in [0, 0.1) is 11.3 Å². The van der Waals surface area contributed by atoms with Crippen molar-refractivity contribution in [2.45, 2.75) is 0 Å². The summed E-state index contributed by atoms with van der Waals surface area (Å²) in [4.78, 5) is 11.0. The van der Waals surface area contributed by atoms with Crippen LogP contribution in [0.5, 0.6) is 0 Å². The highest BCUT2D eigenvalue weighted by molar-refractivity contribution is 5.55. The monoisotopic (exact) mass is 214 g/mol. The largest absolute Gasteiger partial charge is 0.357 e. The van der Waals surface area contributed by atoms with E-state index < -0.39 is 0 Å². The number of aromatic nitrogens is 3. The molecule has 2 aromatic heterocycles. The number of nitrogens with zero attached hydrogens (tertiary/aromatic N) is 3. The number of hydrogen-bond donors (Lipinski definition) is 3. The number of hydrogen-bond acceptors (Lipinski definition) is 5. The minimum Gasteiger partial charge on any atom is -0.357 e. The van der Waals surface area contributed by atoms with Crippen molar-refractivity contribution in [1.29, 1.82) is 5.26 Å². The standard InChI is InChI=1S/C10H10N6/c11-3-5-13-9-6-10(15-7-14-9)16-8-2-1-4-12-8/h1-2,4,6-7,12H,5H2,(H2,13,14,15,16). The lowest BCUT2D eigenvalue weighted by Gasteiger charge is -2.04. The molecule has 2 heterocycles. The summed E-state index contributed by atoms with van der Waals surface area (Å²) in [5.41, 5.74) is 0. The van der Waals surface area contributed by atoms with Crippen molar-refractivity contribution in [3.8, 4) is 6.07 Å². The minimum atomic E-state index is 0.221. The third-order valence-corrected chi connectivity index (χ3v) is 1.88. The van der Waals surface area contributed by atoms with Gasteiger partial charge < -0.3 is 15.6 Å². The van der Waals surface area contributed by atoms with Crippen molar-refractivity contribution in [3.05, 3.63) is 30.7 Å². The molecule has 2 rings (SSSR count). The van der Waals surface area contributed by atoms with Crippen LogP contribution in [0.4, 0.5) is 17.5 Å². The maximum absolute atomic E-state index is 8.43. The van der Waals surface area contributed by atoms with Gasteiger partial charge in [0.25, 0.3) is 0 Å². The van der Waals surface area contributed by atoms with Gasteiger partial charge in [0, 0.05) is 12.3 Å². The van der Waals surface area contributed by atoms with Crippen LogP contribution in [0.2, 0.25) is 0 Å². The van der Waals surface area contributed by atoms with Gasteiger partial charge in [-0.05, 0) is 12.1 Å². The second-order valence-electron chi connectivity index (χ2n) is 3.01. The molecule has 0 aliphatic heterocycles. The number of nitriles is 1. The molecule has 0 bridgehead atoms. The molecule has 0 unspecified atom stereocenters. The number of rotatable bonds is 4. The lowest BCUT2D eigenvalue weighted by atomic mass is 10.5. The first-order valence-corrected chi connectivity index (χ1v) is 4.72. The number of H-pyrrole nitrogens is 1. The molecule has 0 aliphatic carbocycles. The van der Waals surface area contributed by atoms with Crippen LogP contribution in [-0.2, 0) is 0 Å². The summed E-state index contributed by atoms with van der Waals surface area (Å²) in [6, 6.07) is 7.50. The Morgan fingerprint density at radius 2 is 2.25 bits per heavy atom. The molecule has 0 spiro atoms. The van der Waals surface area contributed by atoms with E-state index in [2.05, 4.69) is 25.6 Å². The lowest BCUT2D eigenvalue weighted by Crippen LogP contribution is -2.02. The van der Waals surface area contributed by atoms with Crippen LogP contribution in [0.1, 0.15) is 0 Å². The molecular formula is C10H10N6. The molecule has 0 fully saturated rings. The van der Waals surface area contributed by atoms with Gasteiger partial charge in [0.2, 0.25) is 0 Å². The topological polar surface area (TPSA) is 89.4 Å². The molecule has 0 aromatic carbocycles. The van der Waals surface area contributed by atoms with Gasteiger partial charge in [0.05, 0.1) is 6.07 Å². The highest BCUT2D eigenvalue weighted by atomic mass is 15.1. The molecule has 0 radical (unpaired) electrons. The normalized spacial score (nSPS) is 9.44. The van der Waals surface area contributed by atoms with Gasteiger partial charge in [-0.25, -0.2) is 9.97 Å². The minimum absolute atomic E-state index is 0.221. The first-order valence-electron chi connectivity index (χ1n) is 4.72. The van der Waals surface area contributed by atoms with Crippen LogP contribution in [0.15, 0.2) is 30.7 Å². The van der Waals surface area contributed by atoms with Crippen molar-refractivity contribution < 1.29 is 0 Å². The Morgan fingerprint density at radius 3 is 3.00 bits per heavy atom. The van der Waals surface area contributed by atoms with E-state index in [1.165, 1.54) is 6.33 Å². The van der Waals surface area contributed by atoms with Crippen LogP contribution in [-0.4, -0.2) is 21.5 Å². The van der Waals surface area contributed by atoms with Crippen molar-refractivity contribution >= 4 is 17.5 Å². The fourth-order valence-electron chi connectivity index (χ4n) is 1.20. The van der Waals surface area contributed by atoms with Gasteiger partial charge in [0.15, 0.2) is 0 Å². The van der Waals surface area contributed by atoms with E-state index in [0.717, 1.165) is 5.82 Å². The van der Waals surface area contributed by atoms with E-state index in [1.807, 2.05) is 24.4 Å². The zero-order valence-electron chi connectivity index (χ0n) is 8.44. The molecular weight excluding hydrogens is 204 g/mol. The number of anilines is 3. The first-order chi connectivity index (χ1) is 7.88. The lowest BCUT2D eigenvalue weighted by molar-refractivity contribution is 1.14. The maximum atomic E-state index is 8.43. The molecule has 0 saturated carbocycles. The fourth-order valence-corrected chi connectivity index (χ4v) is 1.20. The summed E-state index contributed by atoms with van der Waals surface area (Å²) in [7, 11) is 0. The summed E-state index contributed by atoms with van der Waals surface area (Å²) in [6.45, 7) is 0.221. The average molecular weight is 214 g/mol. The fraction of sp³-hybridized carbons (Fsp3) is 0.100. The van der Waals surface area contributed by atoms with Gasteiger partial charge in [-0.1, -0.05) is 0 Å². The van der Waals surface area contributed by atoms with E-state index in [1.54, 1.807) is 6.07 Å². The average Bonchev–Trinajstić information content (AvgIpc) is 2.80. The van der Waals surface area contributed by atoms with Gasteiger partial charge in [-0.3, -0.25) is 0 Å². The van der Waals surface area contributed by atoms with Gasteiger partial charge in [-0.2, -0.15) is 5.26 Å². The smallest absolute Gasteiger partial charge is 0.136 e. The Labute approximate surface area is 92.4 Å². The van der Waals surface area contributed by atoms with Crippen LogP contribution in [0.3, 0.4) is 0 Å². The van der Waals surface area contributed by atoms with Crippen molar-refractivity contribution in [3.63, 3.8) is 0 Å². The Hall–Kier alpha value is -2.55. The summed E-state index contributed by atoms with van der Waals surface area (Å²) >= 11 is 0. The van der Waals surface area contributed by atoms with E-state index >= 15 is 0 Å². The zero-order chi connectivity index (χ0) is 11.2. The predicted molar refractivity (Wildman–Crippen MR) is 60.2 cm³/mol. The number of aromatic amines is 1. The van der Waals surface area contributed by atoms with Crippen molar-refractivity contribution in [2.75, 3.05) is 17.2 Å². The molecule has 0 aliphatic rings. The molecule has 3 N–H and O–H groups in total. The molecule has 16 heavy (non-hydrogen) atoms. The SMILES string of the molecule is N#CCNc1cc(Nc2ccc[nH]2)ncn1.